The minimum Gasteiger partial charge on any atom is -0.491 e. The van der Waals surface area contributed by atoms with Crippen LogP contribution >= 0.6 is 0 Å². The zero-order valence-corrected chi connectivity index (χ0v) is 24.3. The number of alkyl halides is 3. The van der Waals surface area contributed by atoms with E-state index in [1.54, 1.807) is 30.0 Å². The van der Waals surface area contributed by atoms with Gasteiger partial charge in [0, 0.05) is 44.4 Å². The Balaban J connectivity index is 1.66. The lowest BCUT2D eigenvalue weighted by molar-refractivity contribution is -0.106. The van der Waals surface area contributed by atoms with E-state index in [-0.39, 0.29) is 55.3 Å². The van der Waals surface area contributed by atoms with E-state index in [4.69, 9.17) is 18.9 Å². The number of hydrogen-bond donors (Lipinski definition) is 1. The van der Waals surface area contributed by atoms with E-state index in [9.17, 15) is 31.2 Å². The van der Waals surface area contributed by atoms with Crippen LogP contribution in [0.1, 0.15) is 34.6 Å². The fraction of sp³-hybridized carbons (Fsp3) is 0.481. The average molecular weight is 616 g/mol. The Hall–Kier alpha value is -3.72. The van der Waals surface area contributed by atoms with Crippen molar-refractivity contribution in [3.8, 4) is 17.2 Å². The third-order valence-electron chi connectivity index (χ3n) is 6.95. The summed E-state index contributed by atoms with van der Waals surface area (Å²) in [6.07, 6.45) is -5.46. The number of anilines is 1. The molecule has 2 aliphatic rings. The van der Waals surface area contributed by atoms with Crippen molar-refractivity contribution < 1.29 is 50.1 Å². The van der Waals surface area contributed by atoms with Crippen LogP contribution in [0.15, 0.2) is 36.4 Å². The van der Waals surface area contributed by atoms with Crippen molar-refractivity contribution in [3.05, 3.63) is 47.5 Å². The highest BCUT2D eigenvalue weighted by molar-refractivity contribution is 7.92. The number of methoxy groups -OCH3 is 1. The summed E-state index contributed by atoms with van der Waals surface area (Å²) in [6.45, 7) is 4.03. The number of carbonyl (C=O) groups excluding carboxylic acids is 2. The highest BCUT2D eigenvalue weighted by atomic mass is 32.2. The molecular formula is C27H32F3N3O8S. The van der Waals surface area contributed by atoms with Crippen molar-refractivity contribution in [1.82, 2.24) is 9.80 Å². The van der Waals surface area contributed by atoms with Crippen molar-refractivity contribution in [3.63, 3.8) is 0 Å². The number of halogens is 3. The van der Waals surface area contributed by atoms with Gasteiger partial charge in [-0.2, -0.15) is 13.2 Å². The Bertz CT molecular complexity index is 1440. The van der Waals surface area contributed by atoms with Gasteiger partial charge in [0.15, 0.2) is 17.3 Å². The summed E-state index contributed by atoms with van der Waals surface area (Å²) in [7, 11) is -1.79. The number of benzene rings is 2. The molecule has 0 saturated carbocycles. The molecule has 2 amide bonds. The monoisotopic (exact) mass is 615 g/mol. The fourth-order valence-electron chi connectivity index (χ4n) is 4.75. The molecule has 230 valence electrons. The predicted octanol–water partition coefficient (Wildman–Crippen LogP) is 3.37. The number of rotatable bonds is 5. The molecule has 0 aromatic heterocycles. The quantitative estimate of drug-likeness (QED) is 0.543. The molecule has 11 nitrogen and oxygen atoms in total. The van der Waals surface area contributed by atoms with Crippen molar-refractivity contribution in [1.29, 1.82) is 0 Å². The second-order valence-corrected chi connectivity index (χ2v) is 12.0. The molecule has 3 atom stereocenters. The van der Waals surface area contributed by atoms with Crippen LogP contribution in [0.5, 0.6) is 17.2 Å². The van der Waals surface area contributed by atoms with Gasteiger partial charge in [-0.05, 0) is 43.3 Å². The molecule has 0 fully saturated rings. The minimum atomic E-state index is -4.95. The number of amides is 2. The van der Waals surface area contributed by atoms with Crippen LogP contribution in [0.3, 0.4) is 0 Å². The molecule has 2 aromatic carbocycles. The molecule has 0 spiro atoms. The normalized spacial score (nSPS) is 21.6. The van der Waals surface area contributed by atoms with Crippen LogP contribution in [-0.4, -0.2) is 94.8 Å². The van der Waals surface area contributed by atoms with Gasteiger partial charge in [-0.25, -0.2) is 8.42 Å². The molecule has 2 heterocycles. The van der Waals surface area contributed by atoms with Gasteiger partial charge < -0.3 is 28.7 Å². The third-order valence-corrected chi connectivity index (χ3v) is 8.21. The van der Waals surface area contributed by atoms with Crippen LogP contribution in [0.4, 0.5) is 18.9 Å². The summed E-state index contributed by atoms with van der Waals surface area (Å²) in [5, 5.41) is 0. The maximum absolute atomic E-state index is 13.7. The van der Waals surface area contributed by atoms with Crippen LogP contribution in [0, 0.1) is 5.92 Å². The zero-order valence-electron chi connectivity index (χ0n) is 23.4. The first-order valence-corrected chi connectivity index (χ1v) is 14.7. The van der Waals surface area contributed by atoms with Crippen LogP contribution in [0.2, 0.25) is 0 Å². The lowest BCUT2D eigenvalue weighted by Gasteiger charge is -2.36. The summed E-state index contributed by atoms with van der Waals surface area (Å²) >= 11 is 0. The van der Waals surface area contributed by atoms with E-state index >= 15 is 0 Å². The highest BCUT2D eigenvalue weighted by Crippen LogP contribution is 2.33. The maximum Gasteiger partial charge on any atom is 0.404 e. The molecule has 0 unspecified atom stereocenters. The molecule has 15 heteroatoms. The largest absolute Gasteiger partial charge is 0.491 e. The smallest absolute Gasteiger partial charge is 0.404 e. The molecule has 1 N–H and O–H groups in total. The average Bonchev–Trinajstić information content (AvgIpc) is 3.38. The van der Waals surface area contributed by atoms with E-state index in [1.165, 1.54) is 31.2 Å². The third kappa shape index (κ3) is 7.37. The van der Waals surface area contributed by atoms with Crippen LogP contribution < -0.4 is 18.9 Å². The number of fused-ring (bicyclic) bond motifs is 2. The Kier molecular flexibility index (Phi) is 9.11. The summed E-state index contributed by atoms with van der Waals surface area (Å²) in [5.74, 6) is -2.12. The number of hydrogen-bond acceptors (Lipinski definition) is 8. The molecule has 0 aliphatic carbocycles. The molecule has 2 aliphatic heterocycles. The molecular weight excluding hydrogens is 583 g/mol. The fourth-order valence-corrected chi connectivity index (χ4v) is 5.74. The Morgan fingerprint density at radius 1 is 1.05 bits per heavy atom. The standard InChI is InChI=1S/C27H32F3N3O8S/c1-16-11-33(25(34)18-5-7-22-23(9-18)41-15-40-22)17(2)13-39-21-8-6-19(31-42(36,37)14-27(28,29)30)10-20(21)26(35)32(3)12-24(16)38-4/h5-10,16-17,24,31H,11-15H2,1-4H3/t16-,17-,24-/m0/s1. The number of sulfonamides is 1. The maximum atomic E-state index is 13.7. The summed E-state index contributed by atoms with van der Waals surface area (Å²) < 4.78 is 86.6. The van der Waals surface area contributed by atoms with Gasteiger partial charge in [0.25, 0.3) is 11.8 Å². The zero-order chi connectivity index (χ0) is 30.8. The van der Waals surface area contributed by atoms with E-state index in [0.717, 1.165) is 6.07 Å². The molecule has 2 aromatic rings. The number of ether oxygens (including phenoxy) is 4. The number of likely N-dealkylation sites (N-methyl/N-ethyl adjacent to an activating group) is 1. The predicted molar refractivity (Wildman–Crippen MR) is 145 cm³/mol. The Labute approximate surface area is 241 Å². The molecule has 42 heavy (non-hydrogen) atoms. The van der Waals surface area contributed by atoms with E-state index in [1.807, 2.05) is 11.6 Å². The molecule has 0 bridgehead atoms. The summed E-state index contributed by atoms with van der Waals surface area (Å²) in [6, 6.07) is 8.02. The first-order chi connectivity index (χ1) is 19.7. The summed E-state index contributed by atoms with van der Waals surface area (Å²) in [5.41, 5.74) is 0.0660. The van der Waals surface area contributed by atoms with Crippen molar-refractivity contribution >= 4 is 27.5 Å². The van der Waals surface area contributed by atoms with Crippen molar-refractivity contribution in [2.45, 2.75) is 32.2 Å². The van der Waals surface area contributed by atoms with Crippen molar-refractivity contribution in [2.75, 3.05) is 51.1 Å². The lowest BCUT2D eigenvalue weighted by atomic mass is 10.0. The van der Waals surface area contributed by atoms with E-state index in [0.29, 0.717) is 17.1 Å². The number of nitrogens with one attached hydrogen (secondary N) is 1. The van der Waals surface area contributed by atoms with Crippen LogP contribution in [0.25, 0.3) is 0 Å². The lowest BCUT2D eigenvalue weighted by Crippen LogP contribution is -2.48. The Morgan fingerprint density at radius 2 is 1.74 bits per heavy atom. The molecule has 0 saturated heterocycles. The van der Waals surface area contributed by atoms with Gasteiger partial charge in [-0.15, -0.1) is 0 Å². The molecule has 4 rings (SSSR count). The second-order valence-electron chi connectivity index (χ2n) is 10.3. The van der Waals surface area contributed by atoms with Gasteiger partial charge in [-0.3, -0.25) is 14.3 Å². The van der Waals surface area contributed by atoms with E-state index < -0.39 is 40.0 Å². The highest BCUT2D eigenvalue weighted by Gasteiger charge is 2.36. The van der Waals surface area contributed by atoms with Crippen LogP contribution in [-0.2, 0) is 14.8 Å². The van der Waals surface area contributed by atoms with Gasteiger partial charge in [0.2, 0.25) is 16.8 Å². The first-order valence-electron chi connectivity index (χ1n) is 13.0. The number of nitrogens with zero attached hydrogens (tertiary/aromatic N) is 2. The van der Waals surface area contributed by atoms with Gasteiger partial charge in [-0.1, -0.05) is 6.92 Å². The van der Waals surface area contributed by atoms with Gasteiger partial charge >= 0.3 is 6.18 Å². The topological polar surface area (TPSA) is 124 Å². The van der Waals surface area contributed by atoms with Gasteiger partial charge in [0.05, 0.1) is 17.7 Å². The minimum absolute atomic E-state index is 0.0518. The summed E-state index contributed by atoms with van der Waals surface area (Å²) in [4.78, 5) is 30.2. The second kappa shape index (κ2) is 12.3. The molecule has 0 radical (unpaired) electrons. The van der Waals surface area contributed by atoms with Crippen molar-refractivity contribution in [2.24, 2.45) is 5.92 Å². The Morgan fingerprint density at radius 3 is 2.43 bits per heavy atom. The first kappa shape index (κ1) is 31.2. The van der Waals surface area contributed by atoms with Gasteiger partial charge in [0.1, 0.15) is 12.4 Å². The number of carbonyl (C=O) groups is 2. The SMILES string of the molecule is CO[C@H]1CN(C)C(=O)c2cc(NS(=O)(=O)CC(F)(F)F)ccc2OC[C@H](C)N(C(=O)c2ccc3c(c2)OCO3)C[C@@H]1C. The van der Waals surface area contributed by atoms with E-state index in [2.05, 4.69) is 0 Å².